The Hall–Kier alpha value is -2.18. The number of carbonyl (C=O) groups excluding carboxylic acids is 1. The zero-order valence-corrected chi connectivity index (χ0v) is 15.7. The van der Waals surface area contributed by atoms with Crippen LogP contribution in [0.4, 0.5) is 0 Å². The minimum Gasteiger partial charge on any atom is -0.383 e. The molecule has 0 bridgehead atoms. The summed E-state index contributed by atoms with van der Waals surface area (Å²) in [5, 5.41) is 7.32. The van der Waals surface area contributed by atoms with Crippen molar-refractivity contribution in [2.45, 2.75) is 37.8 Å². The number of fused-ring (bicyclic) bond motifs is 1. The second-order valence-corrected chi connectivity index (χ2v) is 7.72. The first-order valence-electron chi connectivity index (χ1n) is 9.03. The second-order valence-electron chi connectivity index (χ2n) is 6.83. The Labute approximate surface area is 157 Å². The Balaban J connectivity index is 1.68. The third-order valence-electron chi connectivity index (χ3n) is 5.22. The van der Waals surface area contributed by atoms with Crippen molar-refractivity contribution in [3.63, 3.8) is 0 Å². The number of nitrogens with zero attached hydrogens (tertiary/aromatic N) is 2. The van der Waals surface area contributed by atoms with Crippen LogP contribution in [-0.4, -0.2) is 29.2 Å². The molecule has 0 unspecified atom stereocenters. The van der Waals surface area contributed by atoms with Crippen LogP contribution in [0.3, 0.4) is 0 Å². The van der Waals surface area contributed by atoms with Crippen molar-refractivity contribution in [1.29, 1.82) is 0 Å². The minimum atomic E-state index is -0.318. The number of para-hydroxylation sites is 1. The predicted octanol–water partition coefficient (Wildman–Crippen LogP) is 3.94. The van der Waals surface area contributed by atoms with Gasteiger partial charge in [0.15, 0.2) is 0 Å². The molecule has 26 heavy (non-hydrogen) atoms. The fraction of sp³-hybridized carbons (Fsp3) is 0.400. The smallest absolute Gasteiger partial charge is 0.254 e. The summed E-state index contributed by atoms with van der Waals surface area (Å²) in [4.78, 5) is 17.7. The number of ether oxygens (including phenoxy) is 1. The molecule has 5 nitrogen and oxygen atoms in total. The van der Waals surface area contributed by atoms with Crippen LogP contribution in [0.25, 0.3) is 10.9 Å². The number of benzene rings is 1. The van der Waals surface area contributed by atoms with E-state index in [1.54, 1.807) is 18.4 Å². The third kappa shape index (κ3) is 3.04. The van der Waals surface area contributed by atoms with E-state index in [1.807, 2.05) is 42.0 Å². The van der Waals surface area contributed by atoms with E-state index in [9.17, 15) is 4.79 Å². The molecule has 2 heterocycles. The number of amides is 1. The Morgan fingerprint density at radius 2 is 2.15 bits per heavy atom. The van der Waals surface area contributed by atoms with E-state index in [0.717, 1.165) is 53.7 Å². The van der Waals surface area contributed by atoms with E-state index in [0.29, 0.717) is 6.61 Å². The minimum absolute atomic E-state index is 0.0190. The quantitative estimate of drug-likeness (QED) is 0.716. The molecule has 6 heteroatoms. The Bertz CT molecular complexity index is 895. The van der Waals surface area contributed by atoms with E-state index >= 15 is 0 Å². The zero-order valence-electron chi connectivity index (χ0n) is 14.9. The summed E-state index contributed by atoms with van der Waals surface area (Å²) in [6, 6.07) is 8.04. The lowest BCUT2D eigenvalue weighted by molar-refractivity contribution is 0.0899. The largest absolute Gasteiger partial charge is 0.383 e. The van der Waals surface area contributed by atoms with Crippen LogP contribution >= 0.6 is 11.3 Å². The van der Waals surface area contributed by atoms with Gasteiger partial charge in [-0.1, -0.05) is 31.0 Å². The molecule has 1 amide bonds. The van der Waals surface area contributed by atoms with Gasteiger partial charge in [-0.15, -0.1) is 11.3 Å². The Morgan fingerprint density at radius 3 is 2.88 bits per heavy atom. The molecule has 0 radical (unpaired) electrons. The van der Waals surface area contributed by atoms with Gasteiger partial charge >= 0.3 is 0 Å². The maximum atomic E-state index is 13.2. The first kappa shape index (κ1) is 17.2. The maximum Gasteiger partial charge on any atom is 0.254 e. The van der Waals surface area contributed by atoms with E-state index in [-0.39, 0.29) is 11.4 Å². The van der Waals surface area contributed by atoms with E-state index in [4.69, 9.17) is 4.74 Å². The molecule has 0 aliphatic heterocycles. The van der Waals surface area contributed by atoms with Crippen molar-refractivity contribution < 1.29 is 9.53 Å². The molecule has 3 aromatic rings. The van der Waals surface area contributed by atoms with Crippen LogP contribution in [-0.2, 0) is 16.8 Å². The van der Waals surface area contributed by atoms with Crippen LogP contribution in [0.2, 0.25) is 0 Å². The highest BCUT2D eigenvalue weighted by Crippen LogP contribution is 2.40. The first-order chi connectivity index (χ1) is 12.7. The lowest BCUT2D eigenvalue weighted by Gasteiger charge is -2.28. The van der Waals surface area contributed by atoms with Crippen molar-refractivity contribution in [2.24, 2.45) is 0 Å². The molecule has 0 spiro atoms. The number of hydrogen-bond acceptors (Lipinski definition) is 4. The summed E-state index contributed by atoms with van der Waals surface area (Å²) in [6.07, 6.45) is 7.92. The lowest BCUT2D eigenvalue weighted by Crippen LogP contribution is -2.43. The van der Waals surface area contributed by atoms with Gasteiger partial charge in [-0.25, -0.2) is 4.98 Å². The van der Waals surface area contributed by atoms with Gasteiger partial charge in [0, 0.05) is 42.3 Å². The highest BCUT2D eigenvalue weighted by atomic mass is 32.1. The third-order valence-corrected chi connectivity index (χ3v) is 6.20. The highest BCUT2D eigenvalue weighted by Gasteiger charge is 2.39. The normalized spacial score (nSPS) is 16.2. The standard InChI is InChI=1S/C20H23N3O2S/c1-25-12-11-23-14-16(15-6-2-3-7-17(15)23)18(24)22-20(8-4-5-9-20)19-21-10-13-26-19/h2-3,6-7,10,13-14H,4-5,8-9,11-12H2,1H3,(H,22,24). The van der Waals surface area contributed by atoms with Crippen molar-refractivity contribution in [2.75, 3.05) is 13.7 Å². The first-order valence-corrected chi connectivity index (χ1v) is 9.91. The zero-order chi connectivity index (χ0) is 18.0. The number of aromatic nitrogens is 2. The summed E-state index contributed by atoms with van der Waals surface area (Å²) in [7, 11) is 1.69. The number of hydrogen-bond donors (Lipinski definition) is 1. The lowest BCUT2D eigenvalue weighted by atomic mass is 9.97. The molecule has 0 saturated heterocycles. The fourth-order valence-corrected chi connectivity index (χ4v) is 4.77. The monoisotopic (exact) mass is 369 g/mol. The van der Waals surface area contributed by atoms with Crippen molar-refractivity contribution in [3.05, 3.63) is 52.6 Å². The van der Waals surface area contributed by atoms with Crippen LogP contribution in [0.15, 0.2) is 42.0 Å². The van der Waals surface area contributed by atoms with E-state index < -0.39 is 0 Å². The molecule has 2 aromatic heterocycles. The van der Waals surface area contributed by atoms with Crippen LogP contribution < -0.4 is 5.32 Å². The molecular weight excluding hydrogens is 346 g/mol. The van der Waals surface area contributed by atoms with E-state index in [2.05, 4.69) is 14.9 Å². The number of methoxy groups -OCH3 is 1. The van der Waals surface area contributed by atoms with Crippen molar-refractivity contribution in [3.8, 4) is 0 Å². The molecule has 1 aromatic carbocycles. The van der Waals surface area contributed by atoms with Gasteiger partial charge in [0.05, 0.1) is 17.7 Å². The molecule has 0 atom stereocenters. The van der Waals surface area contributed by atoms with Gasteiger partial charge in [0.1, 0.15) is 5.01 Å². The Kier molecular flexibility index (Phi) is 4.78. The van der Waals surface area contributed by atoms with Gasteiger partial charge in [0.25, 0.3) is 5.91 Å². The predicted molar refractivity (Wildman–Crippen MR) is 104 cm³/mol. The van der Waals surface area contributed by atoms with Crippen LogP contribution in [0.5, 0.6) is 0 Å². The average molecular weight is 369 g/mol. The molecule has 1 fully saturated rings. The van der Waals surface area contributed by atoms with Gasteiger partial charge in [-0.2, -0.15) is 0 Å². The highest BCUT2D eigenvalue weighted by molar-refractivity contribution is 7.09. The van der Waals surface area contributed by atoms with Crippen molar-refractivity contribution >= 4 is 28.1 Å². The summed E-state index contributed by atoms with van der Waals surface area (Å²) < 4.78 is 7.30. The van der Waals surface area contributed by atoms with Gasteiger partial charge in [-0.3, -0.25) is 4.79 Å². The molecule has 1 aliphatic rings. The Morgan fingerprint density at radius 1 is 1.35 bits per heavy atom. The van der Waals surface area contributed by atoms with Crippen LogP contribution in [0, 0.1) is 0 Å². The summed E-state index contributed by atoms with van der Waals surface area (Å²) in [5.41, 5.74) is 1.46. The van der Waals surface area contributed by atoms with Crippen LogP contribution in [0.1, 0.15) is 41.0 Å². The number of carbonyl (C=O) groups is 1. The fourth-order valence-electron chi connectivity index (χ4n) is 3.92. The number of nitrogens with one attached hydrogen (secondary N) is 1. The topological polar surface area (TPSA) is 56.1 Å². The summed E-state index contributed by atoms with van der Waals surface area (Å²) in [5.74, 6) is -0.0190. The number of rotatable bonds is 6. The SMILES string of the molecule is COCCn1cc(C(=O)NC2(c3nccs3)CCCC2)c2ccccc21. The maximum absolute atomic E-state index is 13.2. The van der Waals surface area contributed by atoms with Crippen molar-refractivity contribution in [1.82, 2.24) is 14.9 Å². The second kappa shape index (κ2) is 7.21. The molecule has 4 rings (SSSR count). The summed E-state index contributed by atoms with van der Waals surface area (Å²) >= 11 is 1.63. The molecule has 1 N–H and O–H groups in total. The van der Waals surface area contributed by atoms with E-state index in [1.165, 1.54) is 0 Å². The molecular formula is C20H23N3O2S. The molecule has 136 valence electrons. The summed E-state index contributed by atoms with van der Waals surface area (Å²) in [6.45, 7) is 1.34. The van der Waals surface area contributed by atoms with Gasteiger partial charge in [-0.05, 0) is 18.9 Å². The number of thiazole rings is 1. The van der Waals surface area contributed by atoms with Gasteiger partial charge < -0.3 is 14.6 Å². The van der Waals surface area contributed by atoms with Gasteiger partial charge in [0.2, 0.25) is 0 Å². The molecule has 1 aliphatic carbocycles. The average Bonchev–Trinajstić information content (AvgIpc) is 3.40. The molecule has 1 saturated carbocycles.